The van der Waals surface area contributed by atoms with Gasteiger partial charge in [-0.05, 0) is 19.1 Å². The summed E-state index contributed by atoms with van der Waals surface area (Å²) in [4.78, 5) is 7.66. The van der Waals surface area contributed by atoms with Gasteiger partial charge >= 0.3 is 0 Å². The number of hydrogen-bond donors (Lipinski definition) is 1. The third kappa shape index (κ3) is 2.55. The number of fused-ring (bicyclic) bond motifs is 1. The van der Waals surface area contributed by atoms with Crippen molar-refractivity contribution in [1.29, 1.82) is 0 Å². The molecule has 3 aromatic rings. The Hall–Kier alpha value is -2.06. The van der Waals surface area contributed by atoms with Crippen molar-refractivity contribution in [3.8, 4) is 0 Å². The van der Waals surface area contributed by atoms with Crippen molar-refractivity contribution in [2.24, 2.45) is 5.92 Å². The average molecular weight is 315 g/mol. The molecule has 1 aliphatic rings. The highest BCUT2D eigenvalue weighted by molar-refractivity contribution is 7.09. The van der Waals surface area contributed by atoms with Gasteiger partial charge in [0.05, 0.1) is 5.51 Å². The van der Waals surface area contributed by atoms with Gasteiger partial charge in [0.25, 0.3) is 0 Å². The van der Waals surface area contributed by atoms with Gasteiger partial charge in [0.2, 0.25) is 0 Å². The largest absolute Gasteiger partial charge is 0.354 e. The van der Waals surface area contributed by atoms with E-state index >= 15 is 0 Å². The van der Waals surface area contributed by atoms with Crippen LogP contribution >= 0.6 is 11.3 Å². The molecule has 1 fully saturated rings. The van der Waals surface area contributed by atoms with Crippen molar-refractivity contribution in [2.75, 3.05) is 24.5 Å². The van der Waals surface area contributed by atoms with Crippen LogP contribution in [0.15, 0.2) is 23.8 Å². The summed E-state index contributed by atoms with van der Waals surface area (Å²) in [7, 11) is 0. The molecule has 0 radical (unpaired) electrons. The Morgan fingerprint density at radius 2 is 2.23 bits per heavy atom. The molecule has 1 saturated heterocycles. The maximum atomic E-state index is 4.60. The molecular formula is C14H17N7S. The molecule has 114 valence electrons. The quantitative estimate of drug-likeness (QED) is 0.761. The van der Waals surface area contributed by atoms with Gasteiger partial charge in [-0.3, -0.25) is 4.98 Å². The first-order chi connectivity index (χ1) is 10.8. The summed E-state index contributed by atoms with van der Waals surface area (Å²) in [6.07, 6.45) is 1.92. The normalized spacial score (nSPS) is 15.4. The fourth-order valence-electron chi connectivity index (χ4n) is 2.67. The maximum Gasteiger partial charge on any atom is 0.178 e. The summed E-state index contributed by atoms with van der Waals surface area (Å²) in [5, 5.41) is 16.2. The molecule has 3 aromatic heterocycles. The summed E-state index contributed by atoms with van der Waals surface area (Å²) >= 11 is 1.69. The number of aromatic nitrogens is 5. The second kappa shape index (κ2) is 5.62. The van der Waals surface area contributed by atoms with Crippen LogP contribution in [0, 0.1) is 12.8 Å². The van der Waals surface area contributed by atoms with Gasteiger partial charge in [-0.25, -0.2) is 0 Å². The van der Waals surface area contributed by atoms with Crippen LogP contribution in [-0.4, -0.2) is 44.4 Å². The minimum absolute atomic E-state index is 0.674. The van der Waals surface area contributed by atoms with E-state index in [1.165, 1.54) is 4.88 Å². The van der Waals surface area contributed by atoms with Crippen molar-refractivity contribution in [2.45, 2.75) is 13.5 Å². The Kier molecular flexibility index (Phi) is 3.47. The summed E-state index contributed by atoms with van der Waals surface area (Å²) < 4.78 is 1.80. The van der Waals surface area contributed by atoms with Crippen LogP contribution in [0.2, 0.25) is 0 Å². The van der Waals surface area contributed by atoms with E-state index in [1.54, 1.807) is 15.9 Å². The molecule has 0 spiro atoms. The zero-order valence-electron chi connectivity index (χ0n) is 12.3. The molecule has 8 heteroatoms. The van der Waals surface area contributed by atoms with Gasteiger partial charge in [-0.15, -0.1) is 26.6 Å². The van der Waals surface area contributed by atoms with E-state index in [0.717, 1.165) is 43.5 Å². The highest BCUT2D eigenvalue weighted by atomic mass is 32.1. The SMILES string of the molecule is Cc1nnc2ccc(N3CC(CNCc4cncs4)C3)nn12. The smallest absolute Gasteiger partial charge is 0.178 e. The number of thiazole rings is 1. The second-order valence-electron chi connectivity index (χ2n) is 5.58. The topological polar surface area (TPSA) is 71.2 Å². The minimum Gasteiger partial charge on any atom is -0.354 e. The lowest BCUT2D eigenvalue weighted by Gasteiger charge is -2.40. The Balaban J connectivity index is 1.31. The van der Waals surface area contributed by atoms with E-state index < -0.39 is 0 Å². The molecule has 4 rings (SSSR count). The number of nitrogens with zero attached hydrogens (tertiary/aromatic N) is 6. The van der Waals surface area contributed by atoms with Gasteiger partial charge in [0.1, 0.15) is 5.82 Å². The van der Waals surface area contributed by atoms with Crippen molar-refractivity contribution in [3.05, 3.63) is 34.5 Å². The van der Waals surface area contributed by atoms with Crippen LogP contribution < -0.4 is 10.2 Å². The Labute approximate surface area is 132 Å². The molecule has 0 amide bonds. The van der Waals surface area contributed by atoms with Gasteiger partial charge in [-0.2, -0.15) is 4.52 Å². The molecule has 0 bridgehead atoms. The molecular weight excluding hydrogens is 298 g/mol. The van der Waals surface area contributed by atoms with Crippen molar-refractivity contribution in [1.82, 2.24) is 30.1 Å². The van der Waals surface area contributed by atoms with Crippen LogP contribution in [0.4, 0.5) is 5.82 Å². The standard InChI is InChI=1S/C14H17N7S/c1-10-17-18-13-2-3-14(19-21(10)13)20-7-11(8-20)4-15-5-12-6-16-9-22-12/h2-3,6,9,11,15H,4-5,7-8H2,1H3. The number of anilines is 1. The predicted octanol–water partition coefficient (Wildman–Crippen LogP) is 1.12. The summed E-state index contributed by atoms with van der Waals surface area (Å²) in [6, 6.07) is 3.99. The van der Waals surface area contributed by atoms with E-state index in [1.807, 2.05) is 30.8 Å². The molecule has 1 aliphatic heterocycles. The summed E-state index contributed by atoms with van der Waals surface area (Å²) in [6.45, 7) is 5.93. The van der Waals surface area contributed by atoms with E-state index in [0.29, 0.717) is 5.92 Å². The predicted molar refractivity (Wildman–Crippen MR) is 85.0 cm³/mol. The van der Waals surface area contributed by atoms with Crippen LogP contribution in [-0.2, 0) is 6.54 Å². The monoisotopic (exact) mass is 315 g/mol. The Bertz CT molecular complexity index is 761. The summed E-state index contributed by atoms with van der Waals surface area (Å²) in [5.41, 5.74) is 2.67. The number of rotatable bonds is 5. The maximum absolute atomic E-state index is 4.60. The highest BCUT2D eigenvalue weighted by Gasteiger charge is 2.27. The third-order valence-electron chi connectivity index (χ3n) is 3.90. The molecule has 4 heterocycles. The molecule has 0 atom stereocenters. The van der Waals surface area contributed by atoms with Crippen molar-refractivity contribution in [3.63, 3.8) is 0 Å². The molecule has 7 nitrogen and oxygen atoms in total. The number of nitrogens with one attached hydrogen (secondary N) is 1. The van der Waals surface area contributed by atoms with E-state index in [9.17, 15) is 0 Å². The third-order valence-corrected chi connectivity index (χ3v) is 4.68. The van der Waals surface area contributed by atoms with Crippen molar-refractivity contribution >= 4 is 22.8 Å². The lowest BCUT2D eigenvalue weighted by atomic mass is 10.0. The van der Waals surface area contributed by atoms with Gasteiger partial charge in [0.15, 0.2) is 11.5 Å². The second-order valence-corrected chi connectivity index (χ2v) is 6.55. The fourth-order valence-corrected chi connectivity index (χ4v) is 3.23. The first-order valence-corrected chi connectivity index (χ1v) is 8.19. The van der Waals surface area contributed by atoms with E-state index in [4.69, 9.17) is 0 Å². The van der Waals surface area contributed by atoms with Crippen molar-refractivity contribution < 1.29 is 0 Å². The van der Waals surface area contributed by atoms with Crippen LogP contribution in [0.5, 0.6) is 0 Å². The van der Waals surface area contributed by atoms with E-state index in [2.05, 4.69) is 30.5 Å². The average Bonchev–Trinajstić information content (AvgIpc) is 3.12. The van der Waals surface area contributed by atoms with Gasteiger partial charge in [0, 0.05) is 43.2 Å². The minimum atomic E-state index is 0.674. The van der Waals surface area contributed by atoms with E-state index in [-0.39, 0.29) is 0 Å². The van der Waals surface area contributed by atoms with Gasteiger partial charge < -0.3 is 10.2 Å². The van der Waals surface area contributed by atoms with Gasteiger partial charge in [-0.1, -0.05) is 0 Å². The zero-order valence-corrected chi connectivity index (χ0v) is 13.1. The fraction of sp³-hybridized carbons (Fsp3) is 0.429. The number of hydrogen-bond acceptors (Lipinski definition) is 7. The van der Waals surface area contributed by atoms with Crippen LogP contribution in [0.25, 0.3) is 5.65 Å². The lowest BCUT2D eigenvalue weighted by Crippen LogP contribution is -2.51. The molecule has 22 heavy (non-hydrogen) atoms. The molecule has 1 N–H and O–H groups in total. The van der Waals surface area contributed by atoms with Crippen LogP contribution in [0.1, 0.15) is 10.7 Å². The highest BCUT2D eigenvalue weighted by Crippen LogP contribution is 2.22. The Morgan fingerprint density at radius 1 is 1.32 bits per heavy atom. The van der Waals surface area contributed by atoms with Crippen LogP contribution in [0.3, 0.4) is 0 Å². The molecule has 0 aromatic carbocycles. The first-order valence-electron chi connectivity index (χ1n) is 7.32. The Morgan fingerprint density at radius 3 is 3.05 bits per heavy atom. The zero-order chi connectivity index (χ0) is 14.9. The lowest BCUT2D eigenvalue weighted by molar-refractivity contribution is 0.381. The molecule has 0 unspecified atom stereocenters. The molecule has 0 saturated carbocycles. The first kappa shape index (κ1) is 13.6. The summed E-state index contributed by atoms with van der Waals surface area (Å²) in [5.74, 6) is 2.49. The number of aryl methyl sites for hydroxylation is 1. The molecule has 0 aliphatic carbocycles.